The van der Waals surface area contributed by atoms with Gasteiger partial charge in [0.25, 0.3) is 5.91 Å². The maximum atomic E-state index is 13.4. The van der Waals surface area contributed by atoms with Crippen molar-refractivity contribution in [3.63, 3.8) is 0 Å². The number of carbonyl (C=O) groups is 2. The van der Waals surface area contributed by atoms with Crippen molar-refractivity contribution in [3.05, 3.63) is 53.8 Å². The van der Waals surface area contributed by atoms with Gasteiger partial charge in [0.05, 0.1) is 5.54 Å². The Bertz CT molecular complexity index is 1190. The summed E-state index contributed by atoms with van der Waals surface area (Å²) >= 11 is 0. The topological polar surface area (TPSA) is 92.7 Å². The lowest BCUT2D eigenvalue weighted by Crippen LogP contribution is -2.63. The summed E-state index contributed by atoms with van der Waals surface area (Å²) in [6.07, 6.45) is 1.46. The molecule has 8 heteroatoms. The Morgan fingerprint density at radius 2 is 1.75 bits per heavy atom. The predicted molar refractivity (Wildman–Crippen MR) is 117 cm³/mol. The number of nitrogens with zero attached hydrogens (tertiary/aromatic N) is 3. The molecular formula is C24H25FN4O3. The summed E-state index contributed by atoms with van der Waals surface area (Å²) in [6.45, 7) is 4.84. The molecule has 32 heavy (non-hydrogen) atoms. The Hall–Kier alpha value is -3.26. The number of piperazine rings is 1. The molecule has 2 aliphatic rings. The average Bonchev–Trinajstić information content (AvgIpc) is 3.38. The molecule has 1 saturated heterocycles. The predicted octanol–water partition coefficient (Wildman–Crippen LogP) is 3.19. The van der Waals surface area contributed by atoms with Crippen LogP contribution >= 0.6 is 0 Å². The number of halogens is 1. The SMILES string of the molecule is C[C@@H]1CN(C(=O)c2ccc(-c3nc4ccc(F)cc4o3)cc2)C[C@H](C)N1C(=O)C1(N)CC1. The molecule has 1 aliphatic carbocycles. The number of hydrogen-bond acceptors (Lipinski definition) is 5. The summed E-state index contributed by atoms with van der Waals surface area (Å²) in [7, 11) is 0. The molecule has 2 N–H and O–H groups in total. The molecule has 2 amide bonds. The highest BCUT2D eigenvalue weighted by Gasteiger charge is 2.51. The van der Waals surface area contributed by atoms with Crippen molar-refractivity contribution in [1.29, 1.82) is 0 Å². The molecule has 166 valence electrons. The van der Waals surface area contributed by atoms with Gasteiger partial charge in [-0.25, -0.2) is 9.37 Å². The highest BCUT2D eigenvalue weighted by Crippen LogP contribution is 2.36. The molecule has 2 atom stereocenters. The first-order valence-corrected chi connectivity index (χ1v) is 10.8. The van der Waals surface area contributed by atoms with Gasteiger partial charge in [-0.1, -0.05) is 0 Å². The van der Waals surface area contributed by atoms with Crippen LogP contribution in [-0.4, -0.2) is 57.3 Å². The average molecular weight is 436 g/mol. The third-order valence-electron chi connectivity index (χ3n) is 6.38. The Labute approximate surface area is 185 Å². The number of nitrogens with two attached hydrogens (primary N) is 1. The van der Waals surface area contributed by atoms with Crippen LogP contribution in [0.3, 0.4) is 0 Å². The van der Waals surface area contributed by atoms with Crippen LogP contribution in [0.4, 0.5) is 4.39 Å². The molecule has 2 heterocycles. The van der Waals surface area contributed by atoms with Gasteiger partial charge in [-0.2, -0.15) is 0 Å². The molecule has 2 fully saturated rings. The monoisotopic (exact) mass is 436 g/mol. The van der Waals surface area contributed by atoms with E-state index < -0.39 is 5.54 Å². The highest BCUT2D eigenvalue weighted by molar-refractivity contribution is 5.95. The number of hydrogen-bond donors (Lipinski definition) is 1. The molecular weight excluding hydrogens is 411 g/mol. The standard InChI is InChI=1S/C24H25FN4O3/c1-14-12-28(13-15(2)29(14)23(31)24(26)9-10-24)22(30)17-5-3-16(4-6-17)21-27-19-8-7-18(25)11-20(19)32-21/h3-8,11,14-15H,9-10,12-13,26H2,1-2H3/t14-,15+. The van der Waals surface area contributed by atoms with Gasteiger partial charge in [0.2, 0.25) is 11.8 Å². The maximum Gasteiger partial charge on any atom is 0.253 e. The third-order valence-corrected chi connectivity index (χ3v) is 6.38. The quantitative estimate of drug-likeness (QED) is 0.681. The van der Waals surface area contributed by atoms with E-state index >= 15 is 0 Å². The van der Waals surface area contributed by atoms with E-state index in [-0.39, 0.29) is 29.7 Å². The molecule has 7 nitrogen and oxygen atoms in total. The Balaban J connectivity index is 1.31. The maximum absolute atomic E-state index is 13.4. The summed E-state index contributed by atoms with van der Waals surface area (Å²) in [5.41, 5.74) is 7.61. The van der Waals surface area contributed by atoms with E-state index in [2.05, 4.69) is 4.98 Å². The first-order chi connectivity index (χ1) is 15.2. The second kappa shape index (κ2) is 7.41. The molecule has 0 bridgehead atoms. The number of benzene rings is 2. The van der Waals surface area contributed by atoms with Crippen LogP contribution in [-0.2, 0) is 4.79 Å². The zero-order valence-electron chi connectivity index (χ0n) is 18.0. The molecule has 0 spiro atoms. The number of fused-ring (bicyclic) bond motifs is 1. The molecule has 3 aromatic rings. The Morgan fingerprint density at radius 3 is 2.38 bits per heavy atom. The van der Waals surface area contributed by atoms with Gasteiger partial charge in [0.15, 0.2) is 5.58 Å². The van der Waals surface area contributed by atoms with Crippen molar-refractivity contribution in [1.82, 2.24) is 14.8 Å². The summed E-state index contributed by atoms with van der Waals surface area (Å²) < 4.78 is 19.0. The lowest BCUT2D eigenvalue weighted by Gasteiger charge is -2.45. The zero-order valence-corrected chi connectivity index (χ0v) is 18.0. The lowest BCUT2D eigenvalue weighted by atomic mass is 10.0. The van der Waals surface area contributed by atoms with Gasteiger partial charge in [-0.05, 0) is 63.1 Å². The van der Waals surface area contributed by atoms with Crippen LogP contribution in [0.15, 0.2) is 46.9 Å². The van der Waals surface area contributed by atoms with E-state index in [0.717, 1.165) is 12.8 Å². The number of aromatic nitrogens is 1. The van der Waals surface area contributed by atoms with Gasteiger partial charge >= 0.3 is 0 Å². The lowest BCUT2D eigenvalue weighted by molar-refractivity contribution is -0.140. The smallest absolute Gasteiger partial charge is 0.253 e. The van der Waals surface area contributed by atoms with Crippen LogP contribution in [0.5, 0.6) is 0 Å². The summed E-state index contributed by atoms with van der Waals surface area (Å²) in [5.74, 6) is -0.108. The van der Waals surface area contributed by atoms with Crippen molar-refractivity contribution < 1.29 is 18.4 Å². The fourth-order valence-electron chi connectivity index (χ4n) is 4.45. The van der Waals surface area contributed by atoms with Crippen LogP contribution in [0, 0.1) is 5.82 Å². The van der Waals surface area contributed by atoms with Crippen LogP contribution < -0.4 is 5.73 Å². The van der Waals surface area contributed by atoms with E-state index in [1.54, 1.807) is 35.2 Å². The minimum absolute atomic E-state index is 0.00725. The fourth-order valence-corrected chi connectivity index (χ4v) is 4.45. The number of amides is 2. The van der Waals surface area contributed by atoms with Crippen LogP contribution in [0.1, 0.15) is 37.0 Å². The second-order valence-electron chi connectivity index (χ2n) is 8.99. The zero-order chi connectivity index (χ0) is 22.6. The molecule has 1 aromatic heterocycles. The first kappa shape index (κ1) is 20.6. The van der Waals surface area contributed by atoms with Crippen molar-refractivity contribution in [2.45, 2.75) is 44.3 Å². The van der Waals surface area contributed by atoms with Crippen LogP contribution in [0.2, 0.25) is 0 Å². The van der Waals surface area contributed by atoms with Gasteiger partial charge in [0.1, 0.15) is 11.3 Å². The van der Waals surface area contributed by atoms with Crippen molar-refractivity contribution in [2.75, 3.05) is 13.1 Å². The van der Waals surface area contributed by atoms with Gasteiger partial charge in [0, 0.05) is 42.4 Å². The summed E-state index contributed by atoms with van der Waals surface area (Å²) in [6, 6.07) is 11.0. The van der Waals surface area contributed by atoms with Gasteiger partial charge < -0.3 is 20.0 Å². The van der Waals surface area contributed by atoms with E-state index in [1.807, 2.05) is 18.7 Å². The van der Waals surface area contributed by atoms with Crippen molar-refractivity contribution in [2.24, 2.45) is 5.73 Å². The molecule has 1 saturated carbocycles. The Morgan fingerprint density at radius 1 is 1.09 bits per heavy atom. The minimum Gasteiger partial charge on any atom is -0.436 e. The molecule has 1 aliphatic heterocycles. The van der Waals surface area contributed by atoms with Gasteiger partial charge in [-0.15, -0.1) is 0 Å². The van der Waals surface area contributed by atoms with Crippen molar-refractivity contribution in [3.8, 4) is 11.5 Å². The van der Waals surface area contributed by atoms with Crippen LogP contribution in [0.25, 0.3) is 22.6 Å². The number of oxazole rings is 1. The van der Waals surface area contributed by atoms with E-state index in [4.69, 9.17) is 10.2 Å². The normalized spacial score (nSPS) is 22.2. The molecule has 0 radical (unpaired) electrons. The second-order valence-corrected chi connectivity index (χ2v) is 8.99. The summed E-state index contributed by atoms with van der Waals surface area (Å²) in [4.78, 5) is 33.9. The van der Waals surface area contributed by atoms with E-state index in [0.29, 0.717) is 41.2 Å². The third kappa shape index (κ3) is 3.54. The molecule has 0 unspecified atom stereocenters. The Kier molecular flexibility index (Phi) is 4.78. The first-order valence-electron chi connectivity index (χ1n) is 10.8. The molecule has 2 aromatic carbocycles. The highest BCUT2D eigenvalue weighted by atomic mass is 19.1. The largest absolute Gasteiger partial charge is 0.436 e. The van der Waals surface area contributed by atoms with Crippen molar-refractivity contribution >= 4 is 22.9 Å². The number of rotatable bonds is 3. The van der Waals surface area contributed by atoms with E-state index in [9.17, 15) is 14.0 Å². The van der Waals surface area contributed by atoms with Gasteiger partial charge in [-0.3, -0.25) is 9.59 Å². The number of carbonyl (C=O) groups excluding carboxylic acids is 2. The minimum atomic E-state index is -0.707. The molecule has 5 rings (SSSR count). The summed E-state index contributed by atoms with van der Waals surface area (Å²) in [5, 5.41) is 0. The van der Waals surface area contributed by atoms with E-state index in [1.165, 1.54) is 12.1 Å². The fraction of sp³-hybridized carbons (Fsp3) is 0.375.